The van der Waals surface area contributed by atoms with Crippen LogP contribution in [0.15, 0.2) is 47.4 Å². The van der Waals surface area contributed by atoms with E-state index in [2.05, 4.69) is 5.32 Å². The molecule has 2 aromatic carbocycles. The molecule has 0 saturated carbocycles. The number of carbonyl (C=O) groups excluding carboxylic acids is 2. The Morgan fingerprint density at radius 1 is 1.09 bits per heavy atom. The Bertz CT molecular complexity index is 1090. The highest BCUT2D eigenvalue weighted by molar-refractivity contribution is 7.89. The number of nitrogens with one attached hydrogen (secondary N) is 1. The summed E-state index contributed by atoms with van der Waals surface area (Å²) in [5, 5.41) is 3.25. The fourth-order valence-electron chi connectivity index (χ4n) is 3.52. The molecule has 1 aliphatic heterocycles. The van der Waals surface area contributed by atoms with Crippen LogP contribution in [0.25, 0.3) is 0 Å². The van der Waals surface area contributed by atoms with Gasteiger partial charge in [0.1, 0.15) is 0 Å². The number of carbonyl (C=O) groups is 2. The van der Waals surface area contributed by atoms with E-state index in [0.29, 0.717) is 23.6 Å². The van der Waals surface area contributed by atoms with Crippen molar-refractivity contribution in [3.63, 3.8) is 0 Å². The molecule has 7 nitrogen and oxygen atoms in total. The summed E-state index contributed by atoms with van der Waals surface area (Å²) in [4.78, 5) is 25.2. The highest BCUT2D eigenvalue weighted by atomic mass is 35.5. The Morgan fingerprint density at radius 3 is 2.34 bits per heavy atom. The molecule has 0 radical (unpaired) electrons. The predicted octanol–water partition coefficient (Wildman–Crippen LogP) is 3.93. The van der Waals surface area contributed by atoms with Gasteiger partial charge in [-0.25, -0.2) is 8.42 Å². The number of piperidine rings is 1. The summed E-state index contributed by atoms with van der Waals surface area (Å²) in [5.74, 6) is -1.35. The van der Waals surface area contributed by atoms with E-state index in [9.17, 15) is 18.0 Å². The maximum atomic E-state index is 12.8. The Hall–Kier alpha value is -2.42. The van der Waals surface area contributed by atoms with E-state index in [1.807, 2.05) is 32.0 Å². The molecule has 9 heteroatoms. The van der Waals surface area contributed by atoms with Crippen molar-refractivity contribution < 1.29 is 22.7 Å². The van der Waals surface area contributed by atoms with Crippen LogP contribution < -0.4 is 5.32 Å². The van der Waals surface area contributed by atoms with E-state index in [1.54, 1.807) is 0 Å². The third kappa shape index (κ3) is 5.68. The largest absolute Gasteiger partial charge is 0.452 e. The highest BCUT2D eigenvalue weighted by Gasteiger charge is 2.34. The van der Waals surface area contributed by atoms with Gasteiger partial charge in [0.2, 0.25) is 10.0 Å². The smallest absolute Gasteiger partial charge is 0.309 e. The first-order valence-electron chi connectivity index (χ1n) is 10.4. The lowest BCUT2D eigenvalue weighted by Gasteiger charge is -2.30. The lowest BCUT2D eigenvalue weighted by Crippen LogP contribution is -2.41. The van der Waals surface area contributed by atoms with Crippen LogP contribution in [0, 0.1) is 19.8 Å². The molecule has 1 fully saturated rings. The Kier molecular flexibility index (Phi) is 7.59. The normalized spacial score (nSPS) is 16.4. The van der Waals surface area contributed by atoms with Gasteiger partial charge < -0.3 is 10.1 Å². The third-order valence-corrected chi connectivity index (χ3v) is 7.72. The molecule has 1 amide bonds. The molecule has 1 N–H and O–H groups in total. The molecule has 3 rings (SSSR count). The van der Waals surface area contributed by atoms with E-state index < -0.39 is 33.9 Å². The second kappa shape index (κ2) is 10.0. The molecular weight excluding hydrogens is 452 g/mol. The predicted molar refractivity (Wildman–Crippen MR) is 123 cm³/mol. The number of nitrogens with zero attached hydrogens (tertiary/aromatic N) is 1. The minimum Gasteiger partial charge on any atom is -0.452 e. The molecule has 1 aliphatic rings. The first-order valence-corrected chi connectivity index (χ1v) is 12.2. The quantitative estimate of drug-likeness (QED) is 0.635. The summed E-state index contributed by atoms with van der Waals surface area (Å²) in [6, 6.07) is 11.7. The van der Waals surface area contributed by atoms with Gasteiger partial charge in [-0.05, 0) is 75.1 Å². The number of rotatable bonds is 6. The van der Waals surface area contributed by atoms with Gasteiger partial charge >= 0.3 is 5.97 Å². The van der Waals surface area contributed by atoms with Crippen LogP contribution in [0.4, 0.5) is 5.69 Å². The average molecular weight is 479 g/mol. The van der Waals surface area contributed by atoms with Crippen molar-refractivity contribution in [2.75, 3.05) is 18.4 Å². The maximum absolute atomic E-state index is 12.8. The average Bonchev–Trinajstić information content (AvgIpc) is 2.76. The van der Waals surface area contributed by atoms with E-state index in [4.69, 9.17) is 16.3 Å². The van der Waals surface area contributed by atoms with Crippen LogP contribution in [0.1, 0.15) is 30.9 Å². The summed E-state index contributed by atoms with van der Waals surface area (Å²) in [6.45, 7) is 5.75. The van der Waals surface area contributed by atoms with Crippen LogP contribution in [0.5, 0.6) is 0 Å². The van der Waals surface area contributed by atoms with Crippen molar-refractivity contribution in [2.45, 2.75) is 44.6 Å². The minimum atomic E-state index is -3.65. The van der Waals surface area contributed by atoms with Crippen LogP contribution in [-0.4, -0.2) is 43.8 Å². The molecule has 0 spiro atoms. The summed E-state index contributed by atoms with van der Waals surface area (Å²) < 4.78 is 32.3. The van der Waals surface area contributed by atoms with Gasteiger partial charge in [-0.1, -0.05) is 23.7 Å². The maximum Gasteiger partial charge on any atom is 0.309 e. The Morgan fingerprint density at radius 2 is 1.72 bits per heavy atom. The van der Waals surface area contributed by atoms with Gasteiger partial charge in [0, 0.05) is 23.8 Å². The number of sulfonamides is 1. The third-order valence-electron chi connectivity index (χ3n) is 5.55. The zero-order valence-corrected chi connectivity index (χ0v) is 19.9. The van der Waals surface area contributed by atoms with Gasteiger partial charge in [-0.15, -0.1) is 0 Å². The minimum absolute atomic E-state index is 0.166. The molecule has 1 unspecified atom stereocenters. The lowest BCUT2D eigenvalue weighted by atomic mass is 9.98. The fourth-order valence-corrected chi connectivity index (χ4v) is 5.11. The number of hydrogen-bond acceptors (Lipinski definition) is 5. The van der Waals surface area contributed by atoms with Crippen molar-refractivity contribution in [3.05, 3.63) is 58.6 Å². The van der Waals surface area contributed by atoms with Gasteiger partial charge in [-0.3, -0.25) is 9.59 Å². The van der Waals surface area contributed by atoms with Crippen molar-refractivity contribution in [2.24, 2.45) is 5.92 Å². The standard InChI is InChI=1S/C23H27ClN2O5S/c1-15-4-5-16(2)21(14-15)25-22(27)17(3)31-23(28)18-10-12-26(13-11-18)32(29,30)20-8-6-19(24)7-9-20/h4-9,14,17-18H,10-13H2,1-3H3,(H,25,27). The summed E-state index contributed by atoms with van der Waals surface area (Å²) >= 11 is 5.84. The number of esters is 1. The lowest BCUT2D eigenvalue weighted by molar-refractivity contribution is -0.158. The summed E-state index contributed by atoms with van der Waals surface area (Å²) in [6.07, 6.45) is -0.299. The first kappa shape index (κ1) is 24.2. The van der Waals surface area contributed by atoms with Crippen LogP contribution in [0.3, 0.4) is 0 Å². The number of anilines is 1. The van der Waals surface area contributed by atoms with Gasteiger partial charge in [0.25, 0.3) is 5.91 Å². The SMILES string of the molecule is Cc1ccc(C)c(NC(=O)C(C)OC(=O)C2CCN(S(=O)(=O)c3ccc(Cl)cc3)CC2)c1. The monoisotopic (exact) mass is 478 g/mol. The first-order chi connectivity index (χ1) is 15.1. The molecule has 0 bridgehead atoms. The van der Waals surface area contributed by atoms with Crippen molar-refractivity contribution in [1.82, 2.24) is 4.31 Å². The molecule has 0 aromatic heterocycles. The zero-order valence-electron chi connectivity index (χ0n) is 18.3. The summed E-state index contributed by atoms with van der Waals surface area (Å²) in [7, 11) is -3.65. The van der Waals surface area contributed by atoms with Crippen LogP contribution >= 0.6 is 11.6 Å². The number of hydrogen-bond donors (Lipinski definition) is 1. The highest BCUT2D eigenvalue weighted by Crippen LogP contribution is 2.26. The van der Waals surface area contributed by atoms with Crippen molar-refractivity contribution in [3.8, 4) is 0 Å². The Labute approximate surface area is 193 Å². The second-order valence-corrected chi connectivity index (χ2v) is 10.4. The zero-order chi connectivity index (χ0) is 23.5. The van der Waals surface area contributed by atoms with Gasteiger partial charge in [0.15, 0.2) is 6.10 Å². The van der Waals surface area contributed by atoms with E-state index >= 15 is 0 Å². The fraction of sp³-hybridized carbons (Fsp3) is 0.391. The van der Waals surface area contributed by atoms with Crippen molar-refractivity contribution in [1.29, 1.82) is 0 Å². The molecule has 0 aliphatic carbocycles. The number of amides is 1. The summed E-state index contributed by atoms with van der Waals surface area (Å²) in [5.41, 5.74) is 2.60. The van der Waals surface area contributed by atoms with Crippen LogP contribution in [0.2, 0.25) is 5.02 Å². The van der Waals surface area contributed by atoms with Gasteiger partial charge in [-0.2, -0.15) is 4.31 Å². The second-order valence-electron chi connectivity index (χ2n) is 8.02. The van der Waals surface area contributed by atoms with Crippen LogP contribution in [-0.2, 0) is 24.3 Å². The topological polar surface area (TPSA) is 92.8 Å². The van der Waals surface area contributed by atoms with E-state index in [0.717, 1.165) is 11.1 Å². The molecule has 1 heterocycles. The molecular formula is C23H27ClN2O5S. The molecule has 172 valence electrons. The van der Waals surface area contributed by atoms with E-state index in [-0.39, 0.29) is 18.0 Å². The molecule has 1 saturated heterocycles. The number of ether oxygens (including phenoxy) is 1. The van der Waals surface area contributed by atoms with Gasteiger partial charge in [0.05, 0.1) is 10.8 Å². The molecule has 2 aromatic rings. The van der Waals surface area contributed by atoms with Crippen molar-refractivity contribution >= 4 is 39.2 Å². The number of aryl methyl sites for hydroxylation is 2. The van der Waals surface area contributed by atoms with E-state index in [1.165, 1.54) is 35.5 Å². The number of halogens is 1. The molecule has 32 heavy (non-hydrogen) atoms. The number of benzene rings is 2. The Balaban J connectivity index is 1.54. The molecule has 1 atom stereocenters.